The summed E-state index contributed by atoms with van der Waals surface area (Å²) in [5.41, 5.74) is 2.77. The van der Waals surface area contributed by atoms with Gasteiger partial charge in [-0.3, -0.25) is 4.79 Å². The van der Waals surface area contributed by atoms with E-state index in [0.29, 0.717) is 38.0 Å². The Balaban J connectivity index is 1.41. The minimum absolute atomic E-state index is 0.0755. The molecule has 5 rings (SSSR count). The number of aliphatic hydroxyl groups excluding tert-OH is 1. The number of benzene rings is 1. The third-order valence-electron chi connectivity index (χ3n) is 7.15. The second-order valence-electron chi connectivity index (χ2n) is 9.49. The second-order valence-corrected chi connectivity index (χ2v) is 9.49. The lowest BCUT2D eigenvalue weighted by Gasteiger charge is -2.34. The highest BCUT2D eigenvalue weighted by molar-refractivity contribution is 5.83. The number of aliphatic hydroxyl groups is 1. The Labute approximate surface area is 205 Å². The number of nitrogens with one attached hydrogen (secondary N) is 1. The van der Waals surface area contributed by atoms with Crippen molar-refractivity contribution < 1.29 is 19.4 Å². The molecule has 3 aliphatic heterocycles. The molecule has 188 valence electrons. The predicted octanol–water partition coefficient (Wildman–Crippen LogP) is 2.15. The monoisotopic (exact) mass is 482 g/mol. The van der Waals surface area contributed by atoms with E-state index in [4.69, 9.17) is 14.5 Å². The molecule has 1 amide bonds. The Morgan fingerprint density at radius 3 is 2.66 bits per heavy atom. The number of nitrogens with zero attached hydrogens (tertiary/aromatic N) is 5. The topological polar surface area (TPSA) is 103 Å². The van der Waals surface area contributed by atoms with Crippen LogP contribution >= 0.6 is 0 Å². The Morgan fingerprint density at radius 2 is 1.91 bits per heavy atom. The maximum absolute atomic E-state index is 12.7. The number of piperidine rings is 1. The normalized spacial score (nSPS) is 20.0. The summed E-state index contributed by atoms with van der Waals surface area (Å²) in [5.74, 6) is 2.04. The Bertz CT molecular complexity index is 1050. The molecule has 0 spiro atoms. The molecule has 0 bridgehead atoms. The van der Waals surface area contributed by atoms with Crippen molar-refractivity contribution in [3.8, 4) is 5.75 Å². The molecule has 0 saturated carbocycles. The average Bonchev–Trinajstić information content (AvgIpc) is 3.01. The number of anilines is 4. The number of methoxy groups -OCH3 is 1. The highest BCUT2D eigenvalue weighted by Gasteiger charge is 2.31. The van der Waals surface area contributed by atoms with Gasteiger partial charge in [0.05, 0.1) is 32.0 Å². The molecule has 1 aromatic carbocycles. The van der Waals surface area contributed by atoms with Crippen LogP contribution in [0.4, 0.5) is 23.1 Å². The molecule has 2 N–H and O–H groups in total. The van der Waals surface area contributed by atoms with E-state index >= 15 is 0 Å². The molecular formula is C25H34N6O4. The van der Waals surface area contributed by atoms with Gasteiger partial charge in [-0.25, -0.2) is 4.98 Å². The Hall–Kier alpha value is -3.11. The van der Waals surface area contributed by atoms with Crippen LogP contribution in [0.5, 0.6) is 5.75 Å². The standard InChI is InChI=1S/C25H34N6O4/c1-29-15-17-14-26-25(28-24(17)31(16-23(29)33)18-7-11-35-12-8-18)27-21-4-3-19(13-22(21)34-2)30-9-5-20(32)6-10-30/h3-4,13-14,18,20,32H,5-12,15-16H2,1-2H3,(H,26,27,28). The number of rotatable bonds is 5. The van der Waals surface area contributed by atoms with E-state index in [-0.39, 0.29) is 18.1 Å². The van der Waals surface area contributed by atoms with Crippen LogP contribution in [0.2, 0.25) is 0 Å². The lowest BCUT2D eigenvalue weighted by molar-refractivity contribution is -0.128. The van der Waals surface area contributed by atoms with Gasteiger partial charge in [0.2, 0.25) is 11.9 Å². The van der Waals surface area contributed by atoms with Crippen LogP contribution in [0.3, 0.4) is 0 Å². The third-order valence-corrected chi connectivity index (χ3v) is 7.15. The van der Waals surface area contributed by atoms with E-state index < -0.39 is 0 Å². The first-order valence-corrected chi connectivity index (χ1v) is 12.3. The van der Waals surface area contributed by atoms with Crippen LogP contribution in [0.15, 0.2) is 24.4 Å². The first-order valence-electron chi connectivity index (χ1n) is 12.3. The minimum Gasteiger partial charge on any atom is -0.494 e. The fourth-order valence-corrected chi connectivity index (χ4v) is 5.03. The molecule has 10 heteroatoms. The summed E-state index contributed by atoms with van der Waals surface area (Å²) in [5, 5.41) is 13.1. The molecule has 3 aliphatic rings. The van der Waals surface area contributed by atoms with Gasteiger partial charge in [0.1, 0.15) is 11.6 Å². The van der Waals surface area contributed by atoms with Gasteiger partial charge in [-0.15, -0.1) is 0 Å². The number of hydrogen-bond donors (Lipinski definition) is 2. The zero-order chi connectivity index (χ0) is 24.4. The van der Waals surface area contributed by atoms with Crippen LogP contribution in [-0.2, 0) is 16.1 Å². The van der Waals surface area contributed by atoms with Crippen molar-refractivity contribution >= 4 is 29.0 Å². The summed E-state index contributed by atoms with van der Waals surface area (Å²) in [6.45, 7) is 3.80. The summed E-state index contributed by atoms with van der Waals surface area (Å²) in [6.07, 6.45) is 4.87. The fourth-order valence-electron chi connectivity index (χ4n) is 5.03. The van der Waals surface area contributed by atoms with Crippen molar-refractivity contribution in [3.05, 3.63) is 30.0 Å². The highest BCUT2D eigenvalue weighted by atomic mass is 16.5. The largest absolute Gasteiger partial charge is 0.494 e. The molecule has 10 nitrogen and oxygen atoms in total. The van der Waals surface area contributed by atoms with Crippen molar-refractivity contribution in [2.24, 2.45) is 0 Å². The maximum atomic E-state index is 12.7. The van der Waals surface area contributed by atoms with Crippen LogP contribution in [0.25, 0.3) is 0 Å². The fraction of sp³-hybridized carbons (Fsp3) is 0.560. The van der Waals surface area contributed by atoms with Crippen molar-refractivity contribution in [2.75, 3.05) is 62.1 Å². The summed E-state index contributed by atoms with van der Waals surface area (Å²) < 4.78 is 11.2. The van der Waals surface area contributed by atoms with E-state index in [1.54, 1.807) is 12.0 Å². The van der Waals surface area contributed by atoms with E-state index in [1.807, 2.05) is 31.4 Å². The average molecular weight is 483 g/mol. The van der Waals surface area contributed by atoms with E-state index in [1.165, 1.54) is 0 Å². The van der Waals surface area contributed by atoms with Crippen LogP contribution in [-0.4, -0.2) is 85.0 Å². The molecule has 1 aromatic heterocycles. The van der Waals surface area contributed by atoms with Gasteiger partial charge in [-0.1, -0.05) is 0 Å². The van der Waals surface area contributed by atoms with Gasteiger partial charge < -0.3 is 34.6 Å². The molecule has 2 saturated heterocycles. The summed E-state index contributed by atoms with van der Waals surface area (Å²) >= 11 is 0. The zero-order valence-electron chi connectivity index (χ0n) is 20.4. The highest BCUT2D eigenvalue weighted by Crippen LogP contribution is 2.34. The number of ether oxygens (including phenoxy) is 2. The van der Waals surface area contributed by atoms with Gasteiger partial charge in [-0.2, -0.15) is 4.98 Å². The summed E-state index contributed by atoms with van der Waals surface area (Å²) in [4.78, 5) is 28.3. The van der Waals surface area contributed by atoms with E-state index in [9.17, 15) is 9.90 Å². The number of amides is 1. The number of likely N-dealkylation sites (N-methyl/N-ethyl adjacent to an activating group) is 1. The predicted molar refractivity (Wildman–Crippen MR) is 133 cm³/mol. The van der Waals surface area contributed by atoms with Gasteiger partial charge >= 0.3 is 0 Å². The van der Waals surface area contributed by atoms with Crippen molar-refractivity contribution in [1.29, 1.82) is 0 Å². The molecule has 2 aromatic rings. The minimum atomic E-state index is -0.213. The molecule has 0 atom stereocenters. The molecule has 0 aliphatic carbocycles. The molecule has 4 heterocycles. The number of hydrogen-bond acceptors (Lipinski definition) is 9. The number of carbonyl (C=O) groups is 1. The van der Waals surface area contributed by atoms with Crippen LogP contribution in [0.1, 0.15) is 31.2 Å². The van der Waals surface area contributed by atoms with E-state index in [0.717, 1.165) is 61.5 Å². The van der Waals surface area contributed by atoms with Crippen molar-refractivity contribution in [3.63, 3.8) is 0 Å². The summed E-state index contributed by atoms with van der Waals surface area (Å²) in [6, 6.07) is 6.24. The second kappa shape index (κ2) is 10.2. The van der Waals surface area contributed by atoms with E-state index in [2.05, 4.69) is 20.1 Å². The molecule has 35 heavy (non-hydrogen) atoms. The molecule has 0 radical (unpaired) electrons. The van der Waals surface area contributed by atoms with Crippen molar-refractivity contribution in [2.45, 2.75) is 44.4 Å². The van der Waals surface area contributed by atoms with Crippen LogP contribution < -0.4 is 19.9 Å². The molecule has 2 fully saturated rings. The maximum Gasteiger partial charge on any atom is 0.242 e. The summed E-state index contributed by atoms with van der Waals surface area (Å²) in [7, 11) is 3.47. The number of aromatic nitrogens is 2. The zero-order valence-corrected chi connectivity index (χ0v) is 20.4. The lowest BCUT2D eigenvalue weighted by atomic mass is 10.1. The van der Waals surface area contributed by atoms with Gasteiger partial charge in [0.15, 0.2) is 0 Å². The van der Waals surface area contributed by atoms with Gasteiger partial charge in [-0.05, 0) is 37.8 Å². The van der Waals surface area contributed by atoms with Crippen LogP contribution in [0, 0.1) is 0 Å². The number of carbonyl (C=O) groups excluding carboxylic acids is 1. The lowest BCUT2D eigenvalue weighted by Crippen LogP contribution is -2.44. The SMILES string of the molecule is COc1cc(N2CCC(O)CC2)ccc1Nc1ncc2c(n1)N(C1CCOCC1)CC(=O)N(C)C2. The molecule has 0 unspecified atom stereocenters. The third kappa shape index (κ3) is 5.13. The Kier molecular flexibility index (Phi) is 6.92. The first-order chi connectivity index (χ1) is 17.0. The quantitative estimate of drug-likeness (QED) is 0.663. The van der Waals surface area contributed by atoms with Crippen molar-refractivity contribution in [1.82, 2.24) is 14.9 Å². The smallest absolute Gasteiger partial charge is 0.242 e. The van der Waals surface area contributed by atoms with Gasteiger partial charge in [0, 0.05) is 62.9 Å². The molecular weight excluding hydrogens is 448 g/mol. The Morgan fingerprint density at radius 1 is 1.14 bits per heavy atom. The first kappa shape index (κ1) is 23.6. The number of fused-ring (bicyclic) bond motifs is 1. The van der Waals surface area contributed by atoms with Gasteiger partial charge in [0.25, 0.3) is 0 Å².